The fourth-order valence-electron chi connectivity index (χ4n) is 2.04. The van der Waals surface area contributed by atoms with Crippen LogP contribution in [-0.2, 0) is 0 Å². The Balaban J connectivity index is 2.22. The number of anilines is 1. The minimum absolute atomic E-state index is 0.109. The maximum Gasteiger partial charge on any atom is 0.305 e. The van der Waals surface area contributed by atoms with Crippen LogP contribution in [0.4, 0.5) is 11.4 Å². The molecule has 6 heteroatoms. The molecule has 20 heavy (non-hydrogen) atoms. The highest BCUT2D eigenvalue weighted by Crippen LogP contribution is 2.44. The molecule has 2 rings (SSSR count). The van der Waals surface area contributed by atoms with Crippen LogP contribution in [-0.4, -0.2) is 23.9 Å². The molecule has 0 spiro atoms. The summed E-state index contributed by atoms with van der Waals surface area (Å²) in [6, 6.07) is 4.75. The molecule has 1 aliphatic carbocycles. The van der Waals surface area contributed by atoms with E-state index in [0.717, 1.165) is 12.8 Å². The summed E-state index contributed by atoms with van der Waals surface area (Å²) in [5.41, 5.74) is 0.497. The van der Waals surface area contributed by atoms with Gasteiger partial charge in [0.25, 0.3) is 5.91 Å². The third-order valence-electron chi connectivity index (χ3n) is 3.61. The van der Waals surface area contributed by atoms with Crippen LogP contribution in [0.2, 0.25) is 0 Å². The average Bonchev–Trinajstić information content (AvgIpc) is 3.14. The molecule has 1 aromatic rings. The molecule has 6 nitrogen and oxygen atoms in total. The van der Waals surface area contributed by atoms with Gasteiger partial charge in [-0.15, -0.1) is 0 Å². The number of para-hydroxylation sites is 1. The van der Waals surface area contributed by atoms with Crippen LogP contribution in [0, 0.1) is 15.5 Å². The first-order chi connectivity index (χ1) is 9.47. The normalized spacial score (nSPS) is 15.5. The number of hydrogen-bond acceptors (Lipinski definition) is 4. The molecule has 0 saturated heterocycles. The van der Waals surface area contributed by atoms with Crippen molar-refractivity contribution < 1.29 is 9.72 Å². The highest BCUT2D eigenvalue weighted by molar-refractivity contribution is 6.00. The van der Waals surface area contributed by atoms with Crippen LogP contribution in [0.5, 0.6) is 0 Å². The second-order valence-corrected chi connectivity index (χ2v) is 5.48. The number of carbonyl (C=O) groups excluding carboxylic acids is 1. The number of nitro groups is 1. The minimum Gasteiger partial charge on any atom is -0.380 e. The highest BCUT2D eigenvalue weighted by atomic mass is 16.6. The molecule has 1 amide bonds. The topological polar surface area (TPSA) is 84.3 Å². The Morgan fingerprint density at radius 3 is 2.70 bits per heavy atom. The van der Waals surface area contributed by atoms with Gasteiger partial charge in [0, 0.05) is 13.1 Å². The smallest absolute Gasteiger partial charge is 0.305 e. The van der Waals surface area contributed by atoms with Gasteiger partial charge in [-0.25, -0.2) is 0 Å². The number of benzene rings is 1. The zero-order valence-electron chi connectivity index (χ0n) is 11.7. The van der Waals surface area contributed by atoms with Gasteiger partial charge in [-0.2, -0.15) is 0 Å². The number of nitro benzene ring substituents is 1. The molecule has 0 aliphatic heterocycles. The lowest BCUT2D eigenvalue weighted by atomic mass is 10.1. The lowest BCUT2D eigenvalue weighted by molar-refractivity contribution is -0.384. The van der Waals surface area contributed by atoms with E-state index in [-0.39, 0.29) is 22.6 Å². The fourth-order valence-corrected chi connectivity index (χ4v) is 2.04. The molecule has 0 unspecified atom stereocenters. The predicted molar refractivity (Wildman–Crippen MR) is 76.9 cm³/mol. The molecule has 0 radical (unpaired) electrons. The molecule has 1 fully saturated rings. The van der Waals surface area contributed by atoms with Gasteiger partial charge in [0.15, 0.2) is 0 Å². The summed E-state index contributed by atoms with van der Waals surface area (Å²) < 4.78 is 0. The quantitative estimate of drug-likeness (QED) is 0.618. The van der Waals surface area contributed by atoms with Crippen LogP contribution in [0.1, 0.15) is 37.0 Å². The van der Waals surface area contributed by atoms with Gasteiger partial charge in [-0.1, -0.05) is 13.0 Å². The zero-order valence-corrected chi connectivity index (χ0v) is 11.7. The van der Waals surface area contributed by atoms with E-state index < -0.39 is 4.92 Å². The molecule has 0 atom stereocenters. The number of rotatable bonds is 6. The van der Waals surface area contributed by atoms with E-state index >= 15 is 0 Å². The second kappa shape index (κ2) is 5.48. The molecule has 1 aliphatic rings. The number of nitrogens with zero attached hydrogens (tertiary/aromatic N) is 1. The maximum absolute atomic E-state index is 12.2. The zero-order chi connectivity index (χ0) is 14.8. The second-order valence-electron chi connectivity index (χ2n) is 5.48. The van der Waals surface area contributed by atoms with Crippen molar-refractivity contribution in [3.05, 3.63) is 33.9 Å². The van der Waals surface area contributed by atoms with Crippen LogP contribution < -0.4 is 10.6 Å². The molecule has 108 valence electrons. The van der Waals surface area contributed by atoms with E-state index in [0.29, 0.717) is 18.8 Å². The Hall–Kier alpha value is -2.11. The Bertz CT molecular complexity index is 538. The fraction of sp³-hybridized carbons (Fsp3) is 0.500. The van der Waals surface area contributed by atoms with Crippen molar-refractivity contribution in [3.8, 4) is 0 Å². The Labute approximate surface area is 117 Å². The van der Waals surface area contributed by atoms with Gasteiger partial charge < -0.3 is 10.6 Å². The lowest BCUT2D eigenvalue weighted by Crippen LogP contribution is -2.29. The Kier molecular flexibility index (Phi) is 3.92. The van der Waals surface area contributed by atoms with Crippen molar-refractivity contribution in [2.45, 2.75) is 26.7 Å². The SMILES string of the molecule is CCNc1cccc(C(=O)NCC2(C)CC2)c1[N+](=O)[O-]. The summed E-state index contributed by atoms with van der Waals surface area (Å²) in [5, 5.41) is 16.9. The van der Waals surface area contributed by atoms with Gasteiger partial charge in [0.2, 0.25) is 0 Å². The van der Waals surface area contributed by atoms with Crippen molar-refractivity contribution in [2.24, 2.45) is 5.41 Å². The molecular formula is C14H19N3O3. The molecular weight excluding hydrogens is 258 g/mol. The van der Waals surface area contributed by atoms with Gasteiger partial charge in [-0.3, -0.25) is 14.9 Å². The van der Waals surface area contributed by atoms with Gasteiger partial charge in [-0.05, 0) is 37.3 Å². The van der Waals surface area contributed by atoms with Crippen molar-refractivity contribution in [2.75, 3.05) is 18.4 Å². The standard InChI is InChI=1S/C14H19N3O3/c1-3-15-11-6-4-5-10(12(11)17(19)20)13(18)16-9-14(2)7-8-14/h4-6,15H,3,7-9H2,1-2H3,(H,16,18). The van der Waals surface area contributed by atoms with Crippen LogP contribution >= 0.6 is 0 Å². The van der Waals surface area contributed by atoms with Crippen LogP contribution in [0.15, 0.2) is 18.2 Å². The molecule has 0 bridgehead atoms. The Morgan fingerprint density at radius 1 is 1.45 bits per heavy atom. The first-order valence-corrected chi connectivity index (χ1v) is 6.76. The van der Waals surface area contributed by atoms with Crippen molar-refractivity contribution in [3.63, 3.8) is 0 Å². The molecule has 0 heterocycles. The monoisotopic (exact) mass is 277 g/mol. The average molecular weight is 277 g/mol. The summed E-state index contributed by atoms with van der Waals surface area (Å²) in [7, 11) is 0. The van der Waals surface area contributed by atoms with E-state index in [9.17, 15) is 14.9 Å². The van der Waals surface area contributed by atoms with E-state index in [2.05, 4.69) is 17.6 Å². The molecule has 2 N–H and O–H groups in total. The predicted octanol–water partition coefficient (Wildman–Crippen LogP) is 2.56. The minimum atomic E-state index is -0.508. The summed E-state index contributed by atoms with van der Waals surface area (Å²) in [5.74, 6) is -0.385. The number of amides is 1. The first kappa shape index (κ1) is 14.3. The molecule has 1 aromatic carbocycles. The third kappa shape index (κ3) is 3.07. The van der Waals surface area contributed by atoms with Gasteiger partial charge >= 0.3 is 5.69 Å². The lowest BCUT2D eigenvalue weighted by Gasteiger charge is -2.12. The van der Waals surface area contributed by atoms with E-state index in [1.807, 2.05) is 6.92 Å². The summed E-state index contributed by atoms with van der Waals surface area (Å²) in [4.78, 5) is 22.9. The third-order valence-corrected chi connectivity index (χ3v) is 3.61. The van der Waals surface area contributed by atoms with E-state index in [1.54, 1.807) is 12.1 Å². The van der Waals surface area contributed by atoms with Gasteiger partial charge in [0.1, 0.15) is 11.3 Å². The van der Waals surface area contributed by atoms with Crippen molar-refractivity contribution in [1.29, 1.82) is 0 Å². The molecule has 0 aromatic heterocycles. The van der Waals surface area contributed by atoms with E-state index in [4.69, 9.17) is 0 Å². The Morgan fingerprint density at radius 2 is 2.15 bits per heavy atom. The highest BCUT2D eigenvalue weighted by Gasteiger charge is 2.37. The van der Waals surface area contributed by atoms with Crippen molar-refractivity contribution >= 4 is 17.3 Å². The summed E-state index contributed by atoms with van der Waals surface area (Å²) >= 11 is 0. The molecule has 1 saturated carbocycles. The number of hydrogen-bond donors (Lipinski definition) is 2. The van der Waals surface area contributed by atoms with Gasteiger partial charge in [0.05, 0.1) is 4.92 Å². The maximum atomic E-state index is 12.2. The van der Waals surface area contributed by atoms with Crippen molar-refractivity contribution in [1.82, 2.24) is 5.32 Å². The number of nitrogens with one attached hydrogen (secondary N) is 2. The largest absolute Gasteiger partial charge is 0.380 e. The first-order valence-electron chi connectivity index (χ1n) is 6.76. The summed E-state index contributed by atoms with van der Waals surface area (Å²) in [6.07, 6.45) is 2.18. The van der Waals surface area contributed by atoms with Crippen LogP contribution in [0.3, 0.4) is 0 Å². The summed E-state index contributed by atoms with van der Waals surface area (Å²) in [6.45, 7) is 5.07. The van der Waals surface area contributed by atoms with E-state index in [1.165, 1.54) is 6.07 Å². The van der Waals surface area contributed by atoms with Crippen LogP contribution in [0.25, 0.3) is 0 Å². The number of carbonyl (C=O) groups is 1.